The van der Waals surface area contributed by atoms with Crippen molar-refractivity contribution in [1.29, 1.82) is 0 Å². The van der Waals surface area contributed by atoms with Crippen LogP contribution in [0.3, 0.4) is 0 Å². The average molecular weight is 259 g/mol. The fourth-order valence-corrected chi connectivity index (χ4v) is 1.85. The van der Waals surface area contributed by atoms with Crippen molar-refractivity contribution in [3.63, 3.8) is 0 Å². The number of fused-ring (bicyclic) bond motifs is 1. The van der Waals surface area contributed by atoms with Gasteiger partial charge in [-0.05, 0) is 22.0 Å². The Morgan fingerprint density at radius 2 is 2.36 bits per heavy atom. The third kappa shape index (κ3) is 1.16. The number of carbonyl (C=O) groups excluding carboxylic acids is 1. The molecule has 1 heterocycles. The average Bonchev–Trinajstić information content (AvgIpc) is 2.54. The smallest absolute Gasteiger partial charge is 0.342 e. The second-order valence-electron chi connectivity index (χ2n) is 2.85. The van der Waals surface area contributed by atoms with Gasteiger partial charge in [0.1, 0.15) is 28.1 Å². The predicted octanol–water partition coefficient (Wildman–Crippen LogP) is 1.83. The maximum atomic E-state index is 11.2. The van der Waals surface area contributed by atoms with E-state index in [0.29, 0.717) is 15.8 Å². The maximum Gasteiger partial charge on any atom is 0.342 e. The number of methoxy groups -OCH3 is 1. The lowest BCUT2D eigenvalue weighted by Gasteiger charge is -2.07. The highest BCUT2D eigenvalue weighted by Crippen LogP contribution is 2.41. The Bertz CT molecular complexity index is 414. The van der Waals surface area contributed by atoms with Gasteiger partial charge in [0.05, 0.1) is 7.11 Å². The monoisotopic (exact) mass is 258 g/mol. The standard InChI is InChI=1S/C9H7BrO4/c1-13-5-2-4-3-14-9(12)6(4)8(11)7(5)10/h2,11H,3H2,1H3. The van der Waals surface area contributed by atoms with Crippen LogP contribution in [-0.4, -0.2) is 18.2 Å². The number of hydrogen-bond acceptors (Lipinski definition) is 4. The second-order valence-corrected chi connectivity index (χ2v) is 3.64. The van der Waals surface area contributed by atoms with Crippen molar-refractivity contribution in [2.45, 2.75) is 6.61 Å². The molecular weight excluding hydrogens is 252 g/mol. The van der Waals surface area contributed by atoms with Gasteiger partial charge >= 0.3 is 5.97 Å². The molecule has 0 saturated heterocycles. The Hall–Kier alpha value is -1.23. The predicted molar refractivity (Wildman–Crippen MR) is 51.5 cm³/mol. The number of esters is 1. The first kappa shape index (κ1) is 9.33. The van der Waals surface area contributed by atoms with E-state index in [-0.39, 0.29) is 17.9 Å². The molecule has 1 aromatic carbocycles. The van der Waals surface area contributed by atoms with E-state index in [1.54, 1.807) is 6.07 Å². The number of ether oxygens (including phenoxy) is 2. The summed E-state index contributed by atoms with van der Waals surface area (Å²) in [5.74, 6) is -0.137. The quantitative estimate of drug-likeness (QED) is 0.782. The summed E-state index contributed by atoms with van der Waals surface area (Å²) in [6, 6.07) is 1.67. The lowest BCUT2D eigenvalue weighted by atomic mass is 10.1. The summed E-state index contributed by atoms with van der Waals surface area (Å²) in [6.07, 6.45) is 0. The molecule has 0 fully saturated rings. The van der Waals surface area contributed by atoms with Crippen molar-refractivity contribution in [1.82, 2.24) is 0 Å². The first-order valence-corrected chi connectivity index (χ1v) is 4.70. The summed E-state index contributed by atoms with van der Waals surface area (Å²) in [5, 5.41) is 9.67. The van der Waals surface area contributed by atoms with Crippen LogP contribution < -0.4 is 4.74 Å². The van der Waals surface area contributed by atoms with E-state index in [1.807, 2.05) is 0 Å². The summed E-state index contributed by atoms with van der Waals surface area (Å²) >= 11 is 3.14. The number of cyclic esters (lactones) is 1. The summed E-state index contributed by atoms with van der Waals surface area (Å²) in [4.78, 5) is 11.2. The van der Waals surface area contributed by atoms with Gasteiger partial charge < -0.3 is 14.6 Å². The lowest BCUT2D eigenvalue weighted by Crippen LogP contribution is -1.96. The molecule has 1 N–H and O–H groups in total. The van der Waals surface area contributed by atoms with Crippen molar-refractivity contribution in [3.05, 3.63) is 21.7 Å². The molecule has 0 atom stereocenters. The highest BCUT2D eigenvalue weighted by Gasteiger charge is 2.28. The Kier molecular flexibility index (Phi) is 2.11. The lowest BCUT2D eigenvalue weighted by molar-refractivity contribution is 0.0533. The van der Waals surface area contributed by atoms with Crippen LogP contribution in [0.4, 0.5) is 0 Å². The van der Waals surface area contributed by atoms with Crippen LogP contribution in [0.1, 0.15) is 15.9 Å². The Morgan fingerprint density at radius 3 is 3.00 bits per heavy atom. The van der Waals surface area contributed by atoms with Crippen LogP contribution >= 0.6 is 15.9 Å². The summed E-state index contributed by atoms with van der Waals surface area (Å²) in [6.45, 7) is 0.186. The molecule has 0 radical (unpaired) electrons. The van der Waals surface area contributed by atoms with Crippen molar-refractivity contribution < 1.29 is 19.4 Å². The zero-order valence-corrected chi connectivity index (χ0v) is 8.92. The summed E-state index contributed by atoms with van der Waals surface area (Å²) < 4.78 is 10.2. The molecule has 0 aliphatic carbocycles. The number of phenolic OH excluding ortho intramolecular Hbond substituents is 1. The zero-order valence-electron chi connectivity index (χ0n) is 7.33. The van der Waals surface area contributed by atoms with E-state index in [0.717, 1.165) is 0 Å². The Labute approximate surface area is 88.6 Å². The molecule has 74 valence electrons. The fourth-order valence-electron chi connectivity index (χ4n) is 1.38. The minimum atomic E-state index is -0.499. The number of halogens is 1. The normalized spacial score (nSPS) is 13.7. The van der Waals surface area contributed by atoms with Crippen molar-refractivity contribution >= 4 is 21.9 Å². The third-order valence-electron chi connectivity index (χ3n) is 2.07. The molecule has 1 aliphatic rings. The first-order chi connectivity index (χ1) is 6.65. The van der Waals surface area contributed by atoms with Gasteiger partial charge in [0.25, 0.3) is 0 Å². The Morgan fingerprint density at radius 1 is 1.64 bits per heavy atom. The fraction of sp³-hybridized carbons (Fsp3) is 0.222. The molecular formula is C9H7BrO4. The van der Waals surface area contributed by atoms with Crippen LogP contribution in [-0.2, 0) is 11.3 Å². The van der Waals surface area contributed by atoms with E-state index in [9.17, 15) is 9.90 Å². The zero-order chi connectivity index (χ0) is 10.3. The molecule has 0 aromatic heterocycles. The number of hydrogen-bond donors (Lipinski definition) is 1. The number of rotatable bonds is 1. The molecule has 0 bridgehead atoms. The molecule has 0 amide bonds. The number of benzene rings is 1. The van der Waals surface area contributed by atoms with Gasteiger partial charge in [-0.25, -0.2) is 4.79 Å². The van der Waals surface area contributed by atoms with Crippen LogP contribution in [0.15, 0.2) is 10.5 Å². The molecule has 0 unspecified atom stereocenters. The van der Waals surface area contributed by atoms with Gasteiger partial charge in [-0.2, -0.15) is 0 Å². The minimum Gasteiger partial charge on any atom is -0.506 e. The Balaban J connectivity index is 2.69. The van der Waals surface area contributed by atoms with Crippen molar-refractivity contribution in [2.75, 3.05) is 7.11 Å². The van der Waals surface area contributed by atoms with E-state index in [4.69, 9.17) is 9.47 Å². The van der Waals surface area contributed by atoms with Crippen molar-refractivity contribution in [2.24, 2.45) is 0 Å². The second kappa shape index (κ2) is 3.16. The van der Waals surface area contributed by atoms with Gasteiger partial charge in [-0.3, -0.25) is 0 Å². The van der Waals surface area contributed by atoms with E-state index >= 15 is 0 Å². The molecule has 14 heavy (non-hydrogen) atoms. The highest BCUT2D eigenvalue weighted by molar-refractivity contribution is 9.10. The van der Waals surface area contributed by atoms with E-state index in [2.05, 4.69) is 15.9 Å². The van der Waals surface area contributed by atoms with Gasteiger partial charge in [0.2, 0.25) is 0 Å². The van der Waals surface area contributed by atoms with Gasteiger partial charge in [0, 0.05) is 5.56 Å². The van der Waals surface area contributed by atoms with E-state index in [1.165, 1.54) is 7.11 Å². The third-order valence-corrected chi connectivity index (χ3v) is 2.84. The van der Waals surface area contributed by atoms with Crippen LogP contribution in [0.2, 0.25) is 0 Å². The maximum absolute atomic E-state index is 11.2. The van der Waals surface area contributed by atoms with Gasteiger partial charge in [-0.15, -0.1) is 0 Å². The van der Waals surface area contributed by atoms with Crippen LogP contribution in [0.5, 0.6) is 11.5 Å². The molecule has 4 nitrogen and oxygen atoms in total. The summed E-state index contributed by atoms with van der Waals surface area (Å²) in [7, 11) is 1.49. The molecule has 5 heteroatoms. The first-order valence-electron chi connectivity index (χ1n) is 3.90. The molecule has 1 aliphatic heterocycles. The van der Waals surface area contributed by atoms with E-state index < -0.39 is 5.97 Å². The number of phenols is 1. The summed E-state index contributed by atoms with van der Waals surface area (Å²) in [5.41, 5.74) is 0.866. The molecule has 0 saturated carbocycles. The van der Waals surface area contributed by atoms with Crippen LogP contribution in [0.25, 0.3) is 0 Å². The van der Waals surface area contributed by atoms with Gasteiger partial charge in [-0.1, -0.05) is 0 Å². The SMILES string of the molecule is COc1cc2c(c(O)c1Br)C(=O)OC2. The number of aromatic hydroxyl groups is 1. The molecule has 0 spiro atoms. The van der Waals surface area contributed by atoms with Crippen LogP contribution in [0, 0.1) is 0 Å². The molecule has 1 aromatic rings. The minimum absolute atomic E-state index is 0.123. The largest absolute Gasteiger partial charge is 0.506 e. The topological polar surface area (TPSA) is 55.8 Å². The van der Waals surface area contributed by atoms with Crippen molar-refractivity contribution in [3.8, 4) is 11.5 Å². The highest BCUT2D eigenvalue weighted by atomic mass is 79.9. The molecule has 2 rings (SSSR count). The number of carbonyl (C=O) groups is 1. The van der Waals surface area contributed by atoms with Gasteiger partial charge in [0.15, 0.2) is 0 Å².